The summed E-state index contributed by atoms with van der Waals surface area (Å²) in [6, 6.07) is 7.85. The van der Waals surface area contributed by atoms with E-state index < -0.39 is 0 Å². The van der Waals surface area contributed by atoms with Crippen molar-refractivity contribution >= 4 is 74.0 Å². The number of carbonyl (C=O) groups is 1. The van der Waals surface area contributed by atoms with E-state index >= 15 is 0 Å². The minimum Gasteiger partial charge on any atom is -0.355 e. The molecule has 1 fully saturated rings. The Balaban J connectivity index is 0.00000193. The van der Waals surface area contributed by atoms with Crippen LogP contribution in [0.1, 0.15) is 36.0 Å². The molecule has 3 heterocycles. The summed E-state index contributed by atoms with van der Waals surface area (Å²) >= 11 is 5.23. The second-order valence-electron chi connectivity index (χ2n) is 8.11. The summed E-state index contributed by atoms with van der Waals surface area (Å²) in [6.45, 7) is 3.31. The maximum Gasteiger partial charge on any atom is 0.251 e. The predicted molar refractivity (Wildman–Crippen MR) is 146 cm³/mol. The highest BCUT2D eigenvalue weighted by molar-refractivity contribution is 9.10. The summed E-state index contributed by atoms with van der Waals surface area (Å²) in [6.07, 6.45) is 6.79. The van der Waals surface area contributed by atoms with E-state index in [2.05, 4.69) is 43.5 Å². The van der Waals surface area contributed by atoms with Crippen LogP contribution in [0.5, 0.6) is 0 Å². The topological polar surface area (TPSA) is 70.2 Å². The van der Waals surface area contributed by atoms with Crippen molar-refractivity contribution in [1.82, 2.24) is 20.2 Å². The van der Waals surface area contributed by atoms with Crippen LogP contribution in [-0.2, 0) is 0 Å². The van der Waals surface area contributed by atoms with E-state index in [1.165, 1.54) is 32.4 Å². The Bertz CT molecular complexity index is 1070. The number of aromatic nitrogens is 2. The number of nitrogens with zero attached hydrogens (tertiary/aromatic N) is 3. The van der Waals surface area contributed by atoms with Crippen molar-refractivity contribution in [3.63, 3.8) is 0 Å². The van der Waals surface area contributed by atoms with Crippen molar-refractivity contribution in [3.05, 3.63) is 40.5 Å². The molecular weight excluding hydrogens is 545 g/mol. The summed E-state index contributed by atoms with van der Waals surface area (Å²) in [4.78, 5) is 24.8. The van der Waals surface area contributed by atoms with Gasteiger partial charge in [0.25, 0.3) is 5.91 Å². The quantitative estimate of drug-likeness (QED) is 0.346. The molecule has 6 nitrogen and oxygen atoms in total. The van der Waals surface area contributed by atoms with E-state index in [0.717, 1.165) is 44.0 Å². The molecule has 1 saturated heterocycles. The molecule has 2 aromatic heterocycles. The van der Waals surface area contributed by atoms with Crippen LogP contribution >= 0.6 is 52.1 Å². The minimum absolute atomic E-state index is 0. The fourth-order valence-corrected chi connectivity index (χ4v) is 5.70. The number of benzene rings is 1. The van der Waals surface area contributed by atoms with Crippen LogP contribution in [0, 0.1) is 5.92 Å². The normalized spacial score (nSPS) is 14.4. The minimum atomic E-state index is -0.0799. The molecule has 1 aromatic carbocycles. The zero-order valence-electron chi connectivity index (χ0n) is 18.8. The number of nitrogens with one attached hydrogen (secondary N) is 2. The monoisotopic (exact) mass is 573 g/mol. The standard InChI is InChI=1S/C23H28BrN5OS.2ClH/c1-25-22(30)16-6-3-7-19-17(16)13-20(31-19)21-18(24)14-27-23(28-21)26-10-4-5-15-8-11-29(2)12-9-15;;/h3,6-7,13-15H,4-5,8-12H2,1-2H3,(H,25,30)(H,26,27,28);2*1H. The first kappa shape index (κ1) is 27.8. The average Bonchev–Trinajstić information content (AvgIpc) is 3.22. The molecule has 4 rings (SSSR count). The van der Waals surface area contributed by atoms with Crippen molar-refractivity contribution < 1.29 is 4.79 Å². The van der Waals surface area contributed by atoms with Crippen molar-refractivity contribution in [1.29, 1.82) is 0 Å². The first-order chi connectivity index (χ1) is 15.0. The van der Waals surface area contributed by atoms with E-state index in [1.807, 2.05) is 24.3 Å². The second kappa shape index (κ2) is 12.9. The Morgan fingerprint density at radius 2 is 2.03 bits per heavy atom. The van der Waals surface area contributed by atoms with E-state index in [9.17, 15) is 4.79 Å². The van der Waals surface area contributed by atoms with Crippen LogP contribution in [0.2, 0.25) is 0 Å². The molecule has 10 heteroatoms. The van der Waals surface area contributed by atoms with Gasteiger partial charge < -0.3 is 15.5 Å². The first-order valence-electron chi connectivity index (χ1n) is 10.7. The molecule has 3 aromatic rings. The molecule has 1 aliphatic rings. The maximum absolute atomic E-state index is 12.2. The Labute approximate surface area is 219 Å². The molecule has 0 bridgehead atoms. The van der Waals surface area contributed by atoms with Crippen LogP contribution in [-0.4, -0.2) is 54.5 Å². The molecule has 0 atom stereocenters. The molecule has 2 N–H and O–H groups in total. The van der Waals surface area contributed by atoms with Gasteiger partial charge in [0.2, 0.25) is 5.95 Å². The van der Waals surface area contributed by atoms with Crippen LogP contribution in [0.3, 0.4) is 0 Å². The second-order valence-corrected chi connectivity index (χ2v) is 10.1. The summed E-state index contributed by atoms with van der Waals surface area (Å²) in [5.41, 5.74) is 1.52. The van der Waals surface area contributed by atoms with Gasteiger partial charge in [0.05, 0.1) is 9.35 Å². The number of carbonyl (C=O) groups excluding carboxylic acids is 1. The summed E-state index contributed by atoms with van der Waals surface area (Å²) in [5, 5.41) is 7.05. The molecule has 0 unspecified atom stereocenters. The van der Waals surface area contributed by atoms with Gasteiger partial charge in [-0.25, -0.2) is 9.97 Å². The van der Waals surface area contributed by atoms with Gasteiger partial charge in [0.1, 0.15) is 5.69 Å². The molecular formula is C23H30BrCl2N5OS. The average molecular weight is 575 g/mol. The Kier molecular flexibility index (Phi) is 10.8. The number of piperidine rings is 1. The SMILES string of the molecule is CNC(=O)c1cccc2sc(-c3nc(NCCCC4CCN(C)CC4)ncc3Br)cc12.Cl.Cl. The van der Waals surface area contributed by atoms with Gasteiger partial charge in [-0.2, -0.15) is 0 Å². The van der Waals surface area contributed by atoms with Crippen molar-refractivity contribution in [2.75, 3.05) is 39.0 Å². The van der Waals surface area contributed by atoms with Gasteiger partial charge in [0, 0.05) is 35.4 Å². The fraction of sp³-hybridized carbons (Fsp3) is 0.435. The number of halogens is 3. The van der Waals surface area contributed by atoms with Crippen LogP contribution in [0.15, 0.2) is 34.9 Å². The lowest BCUT2D eigenvalue weighted by molar-refractivity contribution is 0.0964. The highest BCUT2D eigenvalue weighted by Gasteiger charge is 2.17. The van der Waals surface area contributed by atoms with Crippen LogP contribution in [0.4, 0.5) is 5.95 Å². The molecule has 180 valence electrons. The fourth-order valence-electron chi connectivity index (χ4n) is 4.08. The number of anilines is 1. The highest BCUT2D eigenvalue weighted by atomic mass is 79.9. The molecule has 0 saturated carbocycles. The molecule has 33 heavy (non-hydrogen) atoms. The van der Waals surface area contributed by atoms with Gasteiger partial charge in [-0.1, -0.05) is 6.07 Å². The lowest BCUT2D eigenvalue weighted by atomic mass is 9.92. The number of fused-ring (bicyclic) bond motifs is 1. The largest absolute Gasteiger partial charge is 0.355 e. The number of thiophene rings is 1. The van der Waals surface area contributed by atoms with Gasteiger partial charge in [-0.3, -0.25) is 4.79 Å². The zero-order chi connectivity index (χ0) is 21.8. The predicted octanol–water partition coefficient (Wildman–Crippen LogP) is 5.86. The van der Waals surface area contributed by atoms with Crippen LogP contribution < -0.4 is 10.6 Å². The smallest absolute Gasteiger partial charge is 0.251 e. The number of amides is 1. The van der Waals surface area contributed by atoms with Crippen LogP contribution in [0.25, 0.3) is 20.7 Å². The van der Waals surface area contributed by atoms with Crippen molar-refractivity contribution in [3.8, 4) is 10.6 Å². The van der Waals surface area contributed by atoms with E-state index in [0.29, 0.717) is 11.5 Å². The number of likely N-dealkylation sites (tertiary alicyclic amines) is 1. The Hall–Kier alpha value is -1.45. The zero-order valence-corrected chi connectivity index (χ0v) is 22.8. The molecule has 1 amide bonds. The van der Waals surface area contributed by atoms with Crippen molar-refractivity contribution in [2.24, 2.45) is 5.92 Å². The first-order valence-corrected chi connectivity index (χ1v) is 12.4. The summed E-state index contributed by atoms with van der Waals surface area (Å²) in [5.74, 6) is 1.40. The third-order valence-corrected chi connectivity index (χ3v) is 7.61. The van der Waals surface area contributed by atoms with E-state index in [-0.39, 0.29) is 30.7 Å². The van der Waals surface area contributed by atoms with Gasteiger partial charge in [-0.05, 0) is 85.9 Å². The lowest BCUT2D eigenvalue weighted by Crippen LogP contribution is -2.30. The molecule has 0 spiro atoms. The third kappa shape index (κ3) is 6.79. The number of hydrogen-bond donors (Lipinski definition) is 2. The maximum atomic E-state index is 12.2. The highest BCUT2D eigenvalue weighted by Crippen LogP contribution is 2.37. The van der Waals surface area contributed by atoms with Gasteiger partial charge in [-0.15, -0.1) is 36.2 Å². The van der Waals surface area contributed by atoms with Gasteiger partial charge in [0.15, 0.2) is 0 Å². The number of rotatable bonds is 7. The molecule has 1 aliphatic heterocycles. The van der Waals surface area contributed by atoms with E-state index in [4.69, 9.17) is 4.98 Å². The van der Waals surface area contributed by atoms with Crippen molar-refractivity contribution in [2.45, 2.75) is 25.7 Å². The summed E-state index contributed by atoms with van der Waals surface area (Å²) < 4.78 is 1.91. The lowest BCUT2D eigenvalue weighted by Gasteiger charge is -2.28. The van der Waals surface area contributed by atoms with E-state index in [1.54, 1.807) is 24.6 Å². The third-order valence-electron chi connectivity index (χ3n) is 5.92. The van der Waals surface area contributed by atoms with Gasteiger partial charge >= 0.3 is 0 Å². The molecule has 0 aliphatic carbocycles. The Morgan fingerprint density at radius 1 is 1.27 bits per heavy atom. The molecule has 0 radical (unpaired) electrons. The Morgan fingerprint density at radius 3 is 2.76 bits per heavy atom. The summed E-state index contributed by atoms with van der Waals surface area (Å²) in [7, 11) is 3.86. The number of hydrogen-bond acceptors (Lipinski definition) is 6.